The molecule has 2 heterocycles. The topological polar surface area (TPSA) is 60.1 Å². The second-order valence-electron chi connectivity index (χ2n) is 7.45. The van der Waals surface area contributed by atoms with Gasteiger partial charge in [-0.3, -0.25) is 4.57 Å². The molecule has 6 nitrogen and oxygen atoms in total. The van der Waals surface area contributed by atoms with E-state index in [1.54, 1.807) is 11.6 Å². The molecule has 0 unspecified atom stereocenters. The van der Waals surface area contributed by atoms with Crippen LogP contribution >= 0.6 is 0 Å². The average molecular weight is 370 g/mol. The highest BCUT2D eigenvalue weighted by atomic mass is 16.2. The SMILES string of the molecule is CCn1c(C2CCN(CCCC(C)=O)CC2)nn(Cc2ccccc2)c1=O. The lowest BCUT2D eigenvalue weighted by atomic mass is 9.95. The Bertz CT molecular complexity index is 801. The van der Waals surface area contributed by atoms with Gasteiger partial charge in [-0.15, -0.1) is 0 Å². The Morgan fingerprint density at radius 3 is 2.52 bits per heavy atom. The Hall–Kier alpha value is -2.21. The van der Waals surface area contributed by atoms with E-state index in [2.05, 4.69) is 4.90 Å². The Balaban J connectivity index is 1.66. The molecule has 27 heavy (non-hydrogen) atoms. The minimum atomic E-state index is -0.0137. The van der Waals surface area contributed by atoms with Crippen molar-refractivity contribution in [2.24, 2.45) is 0 Å². The highest BCUT2D eigenvalue weighted by molar-refractivity contribution is 5.75. The Kier molecular flexibility index (Phi) is 6.61. The van der Waals surface area contributed by atoms with Crippen molar-refractivity contribution < 1.29 is 4.79 Å². The minimum absolute atomic E-state index is 0.0137. The van der Waals surface area contributed by atoms with Crippen LogP contribution in [0.15, 0.2) is 35.1 Å². The fourth-order valence-corrected chi connectivity index (χ4v) is 3.88. The monoisotopic (exact) mass is 370 g/mol. The van der Waals surface area contributed by atoms with Crippen LogP contribution in [0.2, 0.25) is 0 Å². The Labute approximate surface area is 160 Å². The normalized spacial score (nSPS) is 15.9. The quantitative estimate of drug-likeness (QED) is 0.717. The van der Waals surface area contributed by atoms with Gasteiger partial charge >= 0.3 is 5.69 Å². The molecule has 2 aromatic rings. The summed E-state index contributed by atoms with van der Waals surface area (Å²) in [7, 11) is 0. The molecule has 1 fully saturated rings. The number of carbonyl (C=O) groups is 1. The maximum atomic E-state index is 12.8. The minimum Gasteiger partial charge on any atom is -0.303 e. The van der Waals surface area contributed by atoms with Gasteiger partial charge in [-0.2, -0.15) is 5.10 Å². The second-order valence-corrected chi connectivity index (χ2v) is 7.45. The summed E-state index contributed by atoms with van der Waals surface area (Å²) in [6.07, 6.45) is 3.63. The summed E-state index contributed by atoms with van der Waals surface area (Å²) >= 11 is 0. The standard InChI is InChI=1S/C21H30N4O2/c1-3-24-20(19-11-14-23(15-12-19)13-7-8-17(2)26)22-25(21(24)27)16-18-9-5-4-6-10-18/h4-6,9-10,19H,3,7-8,11-16H2,1-2H3. The van der Waals surface area contributed by atoms with Crippen LogP contribution in [0.3, 0.4) is 0 Å². The van der Waals surface area contributed by atoms with Crippen molar-refractivity contribution in [1.29, 1.82) is 0 Å². The predicted octanol–water partition coefficient (Wildman–Crippen LogP) is 2.66. The van der Waals surface area contributed by atoms with Gasteiger partial charge in [0.05, 0.1) is 6.54 Å². The van der Waals surface area contributed by atoms with Gasteiger partial charge in [0.15, 0.2) is 0 Å². The average Bonchev–Trinajstić information content (AvgIpc) is 2.98. The smallest absolute Gasteiger partial charge is 0.303 e. The summed E-state index contributed by atoms with van der Waals surface area (Å²) in [6, 6.07) is 10.00. The van der Waals surface area contributed by atoms with Gasteiger partial charge < -0.3 is 9.69 Å². The molecule has 0 saturated carbocycles. The zero-order valence-corrected chi connectivity index (χ0v) is 16.4. The molecule has 0 atom stereocenters. The number of aromatic nitrogens is 3. The number of piperidine rings is 1. The number of carbonyl (C=O) groups excluding carboxylic acids is 1. The van der Waals surface area contributed by atoms with E-state index in [1.807, 2.05) is 41.8 Å². The lowest BCUT2D eigenvalue weighted by Gasteiger charge is -2.31. The lowest BCUT2D eigenvalue weighted by Crippen LogP contribution is -2.35. The zero-order valence-electron chi connectivity index (χ0n) is 16.4. The van der Waals surface area contributed by atoms with E-state index < -0.39 is 0 Å². The second kappa shape index (κ2) is 9.13. The molecule has 1 aromatic heterocycles. The third kappa shape index (κ3) is 4.95. The van der Waals surface area contributed by atoms with Crippen molar-refractivity contribution >= 4 is 5.78 Å². The van der Waals surface area contributed by atoms with Gasteiger partial charge in [0.25, 0.3) is 0 Å². The van der Waals surface area contributed by atoms with Gasteiger partial charge in [-0.05, 0) is 58.3 Å². The maximum Gasteiger partial charge on any atom is 0.346 e. The van der Waals surface area contributed by atoms with Crippen LogP contribution in [0.4, 0.5) is 0 Å². The molecule has 0 N–H and O–H groups in total. The molecule has 1 aliphatic rings. The van der Waals surface area contributed by atoms with Gasteiger partial charge in [-0.1, -0.05) is 30.3 Å². The molecule has 1 saturated heterocycles. The van der Waals surface area contributed by atoms with Crippen molar-refractivity contribution in [3.05, 3.63) is 52.2 Å². The zero-order chi connectivity index (χ0) is 19.2. The molecular weight excluding hydrogens is 340 g/mol. The van der Waals surface area contributed by atoms with Crippen LogP contribution < -0.4 is 5.69 Å². The number of ketones is 1. The van der Waals surface area contributed by atoms with Crippen molar-refractivity contribution in [3.63, 3.8) is 0 Å². The van der Waals surface area contributed by atoms with E-state index in [0.29, 0.717) is 25.4 Å². The van der Waals surface area contributed by atoms with E-state index in [4.69, 9.17) is 5.10 Å². The molecule has 6 heteroatoms. The molecule has 0 aliphatic carbocycles. The number of hydrogen-bond acceptors (Lipinski definition) is 4. The fourth-order valence-electron chi connectivity index (χ4n) is 3.88. The van der Waals surface area contributed by atoms with Crippen LogP contribution in [0.25, 0.3) is 0 Å². The number of likely N-dealkylation sites (tertiary alicyclic amines) is 1. The van der Waals surface area contributed by atoms with E-state index in [0.717, 1.165) is 50.3 Å². The molecule has 146 valence electrons. The van der Waals surface area contributed by atoms with Gasteiger partial charge in [0.2, 0.25) is 0 Å². The third-order valence-corrected chi connectivity index (χ3v) is 5.40. The molecule has 3 rings (SSSR count). The van der Waals surface area contributed by atoms with E-state index in [1.165, 1.54) is 0 Å². The third-order valence-electron chi connectivity index (χ3n) is 5.40. The number of benzene rings is 1. The highest BCUT2D eigenvalue weighted by Crippen LogP contribution is 2.26. The first kappa shape index (κ1) is 19.5. The molecule has 0 bridgehead atoms. The number of nitrogens with zero attached hydrogens (tertiary/aromatic N) is 4. The summed E-state index contributed by atoms with van der Waals surface area (Å²) in [4.78, 5) is 26.3. The van der Waals surface area contributed by atoms with Crippen molar-refractivity contribution in [3.8, 4) is 0 Å². The first-order chi connectivity index (χ1) is 13.1. The number of hydrogen-bond donors (Lipinski definition) is 0. The van der Waals surface area contributed by atoms with Gasteiger partial charge in [0, 0.05) is 18.9 Å². The molecule has 1 aromatic carbocycles. The number of Topliss-reactive ketones (excluding diaryl/α,β-unsaturated/α-hetero) is 1. The van der Waals surface area contributed by atoms with Gasteiger partial charge in [-0.25, -0.2) is 9.48 Å². The summed E-state index contributed by atoms with van der Waals surface area (Å²) in [6.45, 7) is 7.83. The van der Waals surface area contributed by atoms with Crippen LogP contribution in [0.5, 0.6) is 0 Å². The van der Waals surface area contributed by atoms with Crippen LogP contribution in [-0.4, -0.2) is 44.7 Å². The summed E-state index contributed by atoms with van der Waals surface area (Å²) < 4.78 is 3.44. The Morgan fingerprint density at radius 1 is 1.19 bits per heavy atom. The number of rotatable bonds is 8. The molecule has 0 spiro atoms. The van der Waals surface area contributed by atoms with E-state index >= 15 is 0 Å². The van der Waals surface area contributed by atoms with E-state index in [9.17, 15) is 9.59 Å². The van der Waals surface area contributed by atoms with Crippen LogP contribution in [-0.2, 0) is 17.9 Å². The Morgan fingerprint density at radius 2 is 1.89 bits per heavy atom. The van der Waals surface area contributed by atoms with Crippen LogP contribution in [0, 0.1) is 0 Å². The first-order valence-corrected chi connectivity index (χ1v) is 10.0. The maximum absolute atomic E-state index is 12.8. The fraction of sp³-hybridized carbons (Fsp3) is 0.571. The van der Waals surface area contributed by atoms with Crippen LogP contribution in [0.1, 0.15) is 56.8 Å². The largest absolute Gasteiger partial charge is 0.346 e. The van der Waals surface area contributed by atoms with Crippen molar-refractivity contribution in [2.45, 2.75) is 58.5 Å². The van der Waals surface area contributed by atoms with Crippen molar-refractivity contribution in [1.82, 2.24) is 19.2 Å². The predicted molar refractivity (Wildman–Crippen MR) is 106 cm³/mol. The highest BCUT2D eigenvalue weighted by Gasteiger charge is 2.26. The summed E-state index contributed by atoms with van der Waals surface area (Å²) in [5, 5.41) is 4.71. The lowest BCUT2D eigenvalue weighted by molar-refractivity contribution is -0.117. The van der Waals surface area contributed by atoms with E-state index in [-0.39, 0.29) is 11.5 Å². The van der Waals surface area contributed by atoms with Gasteiger partial charge in [0.1, 0.15) is 11.6 Å². The molecule has 1 aliphatic heterocycles. The van der Waals surface area contributed by atoms with Crippen molar-refractivity contribution in [2.75, 3.05) is 19.6 Å². The molecular formula is C21H30N4O2. The summed E-state index contributed by atoms with van der Waals surface area (Å²) in [5.74, 6) is 1.53. The summed E-state index contributed by atoms with van der Waals surface area (Å²) in [5.41, 5.74) is 1.08. The molecule has 0 radical (unpaired) electrons. The molecule has 0 amide bonds. The first-order valence-electron chi connectivity index (χ1n) is 10.0.